The first kappa shape index (κ1) is 14.9. The third kappa shape index (κ3) is 3.82. The fourth-order valence-corrected chi connectivity index (χ4v) is 5.22. The van der Waals surface area contributed by atoms with Crippen LogP contribution in [0, 0.1) is 6.92 Å². The highest BCUT2D eigenvalue weighted by Gasteiger charge is 2.25. The maximum Gasteiger partial charge on any atom is 0.119 e. The number of nitrogens with one attached hydrogen (secondary N) is 1. The SMILES string of the molecule is Cc1cccc(OCCNC2C[C@H](C)Sc3sccc32)c1. The standard InChI is InChI=1S/C17H21NOS2/c1-12-4-3-5-14(10-12)19-8-7-18-16-11-13(2)21-17-15(16)6-9-20-17/h3-6,9-10,13,16,18H,7-8,11H2,1-2H3/t13-,16?/m0/s1. The molecule has 1 unspecified atom stereocenters. The van der Waals surface area contributed by atoms with Crippen molar-refractivity contribution in [3.63, 3.8) is 0 Å². The largest absolute Gasteiger partial charge is 0.492 e. The van der Waals surface area contributed by atoms with Crippen molar-refractivity contribution in [2.45, 2.75) is 35.8 Å². The zero-order valence-corrected chi connectivity index (χ0v) is 14.1. The van der Waals surface area contributed by atoms with Crippen molar-refractivity contribution < 1.29 is 4.74 Å². The lowest BCUT2D eigenvalue weighted by atomic mass is 10.1. The molecule has 21 heavy (non-hydrogen) atoms. The van der Waals surface area contributed by atoms with E-state index in [-0.39, 0.29) is 0 Å². The summed E-state index contributed by atoms with van der Waals surface area (Å²) in [5, 5.41) is 6.54. The molecule has 2 aromatic rings. The second-order valence-electron chi connectivity index (χ2n) is 5.50. The first-order chi connectivity index (χ1) is 10.2. The topological polar surface area (TPSA) is 21.3 Å². The van der Waals surface area contributed by atoms with Crippen LogP contribution in [0.15, 0.2) is 39.9 Å². The van der Waals surface area contributed by atoms with Gasteiger partial charge < -0.3 is 10.1 Å². The van der Waals surface area contributed by atoms with Gasteiger partial charge in [0.05, 0.1) is 4.21 Å². The Morgan fingerprint density at radius 3 is 3.10 bits per heavy atom. The van der Waals surface area contributed by atoms with Gasteiger partial charge in [-0.15, -0.1) is 23.1 Å². The highest BCUT2D eigenvalue weighted by molar-refractivity contribution is 8.01. The van der Waals surface area contributed by atoms with E-state index in [0.29, 0.717) is 17.9 Å². The van der Waals surface area contributed by atoms with Crippen LogP contribution in [0.3, 0.4) is 0 Å². The Kier molecular flexibility index (Phi) is 4.88. The zero-order chi connectivity index (χ0) is 14.7. The lowest BCUT2D eigenvalue weighted by Crippen LogP contribution is -2.29. The molecule has 2 nitrogen and oxygen atoms in total. The monoisotopic (exact) mass is 319 g/mol. The third-order valence-electron chi connectivity index (χ3n) is 3.66. The Balaban J connectivity index is 1.50. The van der Waals surface area contributed by atoms with E-state index < -0.39 is 0 Å². The molecular weight excluding hydrogens is 298 g/mol. The van der Waals surface area contributed by atoms with E-state index in [4.69, 9.17) is 4.74 Å². The van der Waals surface area contributed by atoms with Crippen LogP contribution in [0.5, 0.6) is 5.75 Å². The van der Waals surface area contributed by atoms with Gasteiger partial charge in [0.1, 0.15) is 12.4 Å². The zero-order valence-electron chi connectivity index (χ0n) is 12.5. The van der Waals surface area contributed by atoms with Crippen molar-refractivity contribution in [3.8, 4) is 5.75 Å². The number of aryl methyl sites for hydroxylation is 1. The van der Waals surface area contributed by atoms with Crippen LogP contribution < -0.4 is 10.1 Å². The summed E-state index contributed by atoms with van der Waals surface area (Å²) < 4.78 is 7.29. The van der Waals surface area contributed by atoms with E-state index >= 15 is 0 Å². The van der Waals surface area contributed by atoms with Crippen LogP contribution in [0.4, 0.5) is 0 Å². The van der Waals surface area contributed by atoms with Crippen LogP contribution in [-0.4, -0.2) is 18.4 Å². The molecule has 1 aliphatic heterocycles. The van der Waals surface area contributed by atoms with E-state index in [9.17, 15) is 0 Å². The van der Waals surface area contributed by atoms with Gasteiger partial charge in [-0.1, -0.05) is 19.1 Å². The summed E-state index contributed by atoms with van der Waals surface area (Å²) in [5.74, 6) is 0.959. The molecule has 0 spiro atoms. The lowest BCUT2D eigenvalue weighted by molar-refractivity contribution is 0.302. The van der Waals surface area contributed by atoms with Gasteiger partial charge in [-0.25, -0.2) is 0 Å². The number of rotatable bonds is 5. The lowest BCUT2D eigenvalue weighted by Gasteiger charge is -2.27. The Bertz CT molecular complexity index is 596. The molecule has 0 fully saturated rings. The fraction of sp³-hybridized carbons (Fsp3) is 0.412. The Labute approximate surface area is 134 Å². The van der Waals surface area contributed by atoms with E-state index in [2.05, 4.69) is 42.7 Å². The molecule has 2 heterocycles. The van der Waals surface area contributed by atoms with Gasteiger partial charge in [0.25, 0.3) is 0 Å². The van der Waals surface area contributed by atoms with E-state index in [1.165, 1.54) is 21.8 Å². The van der Waals surface area contributed by atoms with Gasteiger partial charge in [0.2, 0.25) is 0 Å². The molecule has 4 heteroatoms. The Morgan fingerprint density at radius 2 is 2.24 bits per heavy atom. The van der Waals surface area contributed by atoms with Gasteiger partial charge in [0.15, 0.2) is 0 Å². The van der Waals surface area contributed by atoms with Crippen molar-refractivity contribution in [3.05, 3.63) is 46.8 Å². The van der Waals surface area contributed by atoms with Crippen LogP contribution in [0.2, 0.25) is 0 Å². The highest BCUT2D eigenvalue weighted by atomic mass is 32.2. The van der Waals surface area contributed by atoms with E-state index in [1.807, 2.05) is 35.2 Å². The number of benzene rings is 1. The highest BCUT2D eigenvalue weighted by Crippen LogP contribution is 2.43. The van der Waals surface area contributed by atoms with E-state index in [1.54, 1.807) is 0 Å². The molecule has 1 aliphatic rings. The molecule has 0 bridgehead atoms. The predicted molar refractivity (Wildman–Crippen MR) is 91.7 cm³/mol. The molecule has 1 N–H and O–H groups in total. The second-order valence-corrected chi connectivity index (χ2v) is 8.12. The third-order valence-corrected chi connectivity index (χ3v) is 6.00. The maximum absolute atomic E-state index is 5.81. The number of hydrogen-bond donors (Lipinski definition) is 1. The molecule has 0 saturated heterocycles. The molecule has 0 saturated carbocycles. The Hall–Kier alpha value is -0.970. The predicted octanol–water partition coefficient (Wildman–Crippen LogP) is 4.65. The van der Waals surface area contributed by atoms with Crippen molar-refractivity contribution in [1.29, 1.82) is 0 Å². The van der Waals surface area contributed by atoms with Crippen LogP contribution in [0.25, 0.3) is 0 Å². The first-order valence-corrected chi connectivity index (χ1v) is 9.15. The number of fused-ring (bicyclic) bond motifs is 1. The van der Waals surface area contributed by atoms with Crippen molar-refractivity contribution in [2.75, 3.05) is 13.2 Å². The average molecular weight is 319 g/mol. The van der Waals surface area contributed by atoms with Gasteiger partial charge in [-0.2, -0.15) is 0 Å². The molecular formula is C17H21NOS2. The fourth-order valence-electron chi connectivity index (χ4n) is 2.65. The summed E-state index contributed by atoms with van der Waals surface area (Å²) in [7, 11) is 0. The minimum Gasteiger partial charge on any atom is -0.492 e. The summed E-state index contributed by atoms with van der Waals surface area (Å²) in [4.78, 5) is 0. The maximum atomic E-state index is 5.81. The molecule has 112 valence electrons. The minimum atomic E-state index is 0.476. The number of hydrogen-bond acceptors (Lipinski definition) is 4. The second kappa shape index (κ2) is 6.86. The smallest absolute Gasteiger partial charge is 0.119 e. The van der Waals surface area contributed by atoms with Crippen LogP contribution in [-0.2, 0) is 0 Å². The van der Waals surface area contributed by atoms with Gasteiger partial charge in [0, 0.05) is 17.8 Å². The quantitative estimate of drug-likeness (QED) is 0.811. The normalized spacial score (nSPS) is 21.0. The summed E-state index contributed by atoms with van der Waals surface area (Å²) in [5.41, 5.74) is 2.71. The first-order valence-electron chi connectivity index (χ1n) is 7.39. The van der Waals surface area contributed by atoms with Crippen molar-refractivity contribution in [2.24, 2.45) is 0 Å². The summed E-state index contributed by atoms with van der Waals surface area (Å²) in [6, 6.07) is 11.0. The number of thiophene rings is 1. The summed E-state index contributed by atoms with van der Waals surface area (Å²) >= 11 is 3.87. The van der Waals surface area contributed by atoms with Gasteiger partial charge in [-0.05, 0) is 48.1 Å². The molecule has 0 radical (unpaired) electrons. The molecule has 0 amide bonds. The minimum absolute atomic E-state index is 0.476. The van der Waals surface area contributed by atoms with E-state index in [0.717, 1.165) is 12.3 Å². The molecule has 3 rings (SSSR count). The van der Waals surface area contributed by atoms with Crippen molar-refractivity contribution in [1.82, 2.24) is 5.32 Å². The molecule has 0 aliphatic carbocycles. The Morgan fingerprint density at radius 1 is 1.33 bits per heavy atom. The van der Waals surface area contributed by atoms with Crippen LogP contribution in [0.1, 0.15) is 30.5 Å². The molecule has 2 atom stereocenters. The van der Waals surface area contributed by atoms with Crippen molar-refractivity contribution >= 4 is 23.1 Å². The number of thioether (sulfide) groups is 1. The summed E-state index contributed by atoms with van der Waals surface area (Å²) in [6.07, 6.45) is 1.19. The number of ether oxygens (including phenoxy) is 1. The van der Waals surface area contributed by atoms with Gasteiger partial charge in [-0.3, -0.25) is 0 Å². The average Bonchev–Trinajstić information content (AvgIpc) is 2.91. The molecule has 1 aromatic heterocycles. The molecule has 1 aromatic carbocycles. The van der Waals surface area contributed by atoms with Gasteiger partial charge >= 0.3 is 0 Å². The summed E-state index contributed by atoms with van der Waals surface area (Å²) in [6.45, 7) is 5.99. The van der Waals surface area contributed by atoms with Crippen LogP contribution >= 0.6 is 23.1 Å².